The normalized spacial score (nSPS) is 16.6. The molecule has 1 atom stereocenters. The number of thioether (sulfide) groups is 1. The van der Waals surface area contributed by atoms with Crippen LogP contribution in [0.15, 0.2) is 35.5 Å². The first kappa shape index (κ1) is 21.2. The van der Waals surface area contributed by atoms with E-state index < -0.39 is 12.0 Å². The Kier molecular flexibility index (Phi) is 8.03. The average Bonchev–Trinajstić information content (AvgIpc) is 2.66. The lowest BCUT2D eigenvalue weighted by molar-refractivity contribution is -0.138. The van der Waals surface area contributed by atoms with E-state index in [9.17, 15) is 9.59 Å². The molecular weight excluding hydrogens is 362 g/mol. The molecule has 0 fully saturated rings. The number of benzene rings is 1. The zero-order valence-electron chi connectivity index (χ0n) is 16.5. The van der Waals surface area contributed by atoms with Crippen molar-refractivity contribution in [3.63, 3.8) is 0 Å². The number of rotatable bonds is 9. The van der Waals surface area contributed by atoms with Crippen molar-refractivity contribution in [2.75, 3.05) is 36.1 Å². The first-order valence-corrected chi connectivity index (χ1v) is 10.5. The summed E-state index contributed by atoms with van der Waals surface area (Å²) in [5.74, 6) is 1.35. The summed E-state index contributed by atoms with van der Waals surface area (Å²) in [6, 6.07) is 7.12. The van der Waals surface area contributed by atoms with Crippen LogP contribution in [0.1, 0.15) is 39.3 Å². The van der Waals surface area contributed by atoms with Crippen LogP contribution < -0.4 is 15.5 Å². The quantitative estimate of drug-likeness (QED) is 0.498. The largest absolute Gasteiger partial charge is 0.461 e. The first-order chi connectivity index (χ1) is 13.0. The van der Waals surface area contributed by atoms with Crippen LogP contribution in [0.5, 0.6) is 0 Å². The van der Waals surface area contributed by atoms with E-state index in [2.05, 4.69) is 36.3 Å². The zero-order chi connectivity index (χ0) is 19.8. The molecule has 7 heteroatoms. The van der Waals surface area contributed by atoms with Crippen molar-refractivity contribution in [2.24, 2.45) is 0 Å². The standard InChI is InChI=1S/C20H29N3O3S/c1-5-23(6-2)16-10-8-15(9-11-16)18-17(14(4)21-20(25)22-18)19(24)26-12-13-27-7-3/h8-11,18H,5-7,12-13H2,1-4H3,(H2,21,22,25). The van der Waals surface area contributed by atoms with Crippen molar-refractivity contribution >= 4 is 29.4 Å². The van der Waals surface area contributed by atoms with Crippen LogP contribution in [0.3, 0.4) is 0 Å². The molecule has 2 N–H and O–H groups in total. The lowest BCUT2D eigenvalue weighted by Crippen LogP contribution is -2.45. The highest BCUT2D eigenvalue weighted by atomic mass is 32.2. The molecule has 1 aromatic rings. The minimum atomic E-state index is -0.518. The maximum absolute atomic E-state index is 12.6. The summed E-state index contributed by atoms with van der Waals surface area (Å²) in [6.07, 6.45) is 0. The van der Waals surface area contributed by atoms with Gasteiger partial charge in [0.15, 0.2) is 0 Å². The third kappa shape index (κ3) is 5.42. The summed E-state index contributed by atoms with van der Waals surface area (Å²) in [5, 5.41) is 5.52. The molecule has 1 aliphatic rings. The molecule has 0 bridgehead atoms. The number of hydrogen-bond donors (Lipinski definition) is 2. The number of amides is 2. The molecule has 1 aliphatic heterocycles. The van der Waals surface area contributed by atoms with Gasteiger partial charge >= 0.3 is 12.0 Å². The Morgan fingerprint density at radius 3 is 2.44 bits per heavy atom. The SMILES string of the molecule is CCSCCOC(=O)C1=C(C)NC(=O)NC1c1ccc(N(CC)CC)cc1. The van der Waals surface area contributed by atoms with Crippen molar-refractivity contribution in [1.29, 1.82) is 0 Å². The highest BCUT2D eigenvalue weighted by Crippen LogP contribution is 2.29. The van der Waals surface area contributed by atoms with Gasteiger partial charge in [-0.2, -0.15) is 11.8 Å². The Labute approximate surface area is 165 Å². The summed E-state index contributed by atoms with van der Waals surface area (Å²) in [4.78, 5) is 26.9. The summed E-state index contributed by atoms with van der Waals surface area (Å²) >= 11 is 1.72. The number of nitrogens with zero attached hydrogens (tertiary/aromatic N) is 1. The Morgan fingerprint density at radius 2 is 1.85 bits per heavy atom. The average molecular weight is 392 g/mol. The van der Waals surface area contributed by atoms with Gasteiger partial charge in [0.1, 0.15) is 6.61 Å². The predicted molar refractivity (Wildman–Crippen MR) is 111 cm³/mol. The molecule has 0 saturated heterocycles. The maximum Gasteiger partial charge on any atom is 0.338 e. The fraction of sp³-hybridized carbons (Fsp3) is 0.500. The monoisotopic (exact) mass is 391 g/mol. The molecule has 0 saturated carbocycles. The molecule has 2 rings (SSSR count). The van der Waals surface area contributed by atoms with Crippen molar-refractivity contribution in [1.82, 2.24) is 10.6 Å². The fourth-order valence-corrected chi connectivity index (χ4v) is 3.59. The molecule has 6 nitrogen and oxygen atoms in total. The zero-order valence-corrected chi connectivity index (χ0v) is 17.3. The number of nitrogens with one attached hydrogen (secondary N) is 2. The molecule has 27 heavy (non-hydrogen) atoms. The number of carbonyl (C=O) groups excluding carboxylic acids is 2. The smallest absolute Gasteiger partial charge is 0.338 e. The van der Waals surface area contributed by atoms with Gasteiger partial charge in [-0.05, 0) is 44.2 Å². The Bertz CT molecular complexity index is 684. The fourth-order valence-electron chi connectivity index (χ4n) is 3.10. The van der Waals surface area contributed by atoms with Gasteiger partial charge in [-0.3, -0.25) is 0 Å². The molecule has 0 aromatic heterocycles. The number of esters is 1. The lowest BCUT2D eigenvalue weighted by atomic mass is 9.95. The van der Waals surface area contributed by atoms with Crippen molar-refractivity contribution in [3.05, 3.63) is 41.1 Å². The van der Waals surface area contributed by atoms with E-state index in [1.807, 2.05) is 24.3 Å². The number of anilines is 1. The van der Waals surface area contributed by atoms with Crippen LogP contribution in [0.2, 0.25) is 0 Å². The molecule has 0 aliphatic carbocycles. The minimum absolute atomic E-state index is 0.316. The van der Waals surface area contributed by atoms with Crippen molar-refractivity contribution < 1.29 is 14.3 Å². The van der Waals surface area contributed by atoms with E-state index in [1.54, 1.807) is 18.7 Å². The van der Waals surface area contributed by atoms with E-state index in [4.69, 9.17) is 4.74 Å². The highest BCUT2D eigenvalue weighted by molar-refractivity contribution is 7.99. The Morgan fingerprint density at radius 1 is 1.19 bits per heavy atom. The third-order valence-corrected chi connectivity index (χ3v) is 5.37. The summed E-state index contributed by atoms with van der Waals surface area (Å²) in [5.41, 5.74) is 2.96. The van der Waals surface area contributed by atoms with Gasteiger partial charge in [0.05, 0.1) is 11.6 Å². The lowest BCUT2D eigenvalue weighted by Gasteiger charge is -2.29. The highest BCUT2D eigenvalue weighted by Gasteiger charge is 2.32. The molecule has 1 aromatic carbocycles. The topological polar surface area (TPSA) is 70.7 Å². The van der Waals surface area contributed by atoms with Crippen molar-refractivity contribution in [3.8, 4) is 0 Å². The van der Waals surface area contributed by atoms with Crippen LogP contribution in [-0.4, -0.2) is 43.2 Å². The third-order valence-electron chi connectivity index (χ3n) is 4.51. The van der Waals surface area contributed by atoms with Gasteiger partial charge < -0.3 is 20.3 Å². The van der Waals surface area contributed by atoms with Crippen molar-refractivity contribution in [2.45, 2.75) is 33.7 Å². The van der Waals surface area contributed by atoms with Crippen LogP contribution in [0, 0.1) is 0 Å². The summed E-state index contributed by atoms with van der Waals surface area (Å²) in [6.45, 7) is 10.2. The molecular formula is C20H29N3O3S. The van der Waals surface area contributed by atoms with Crippen LogP contribution in [0.25, 0.3) is 0 Å². The Balaban J connectivity index is 2.22. The second-order valence-corrected chi connectivity index (χ2v) is 7.56. The number of allylic oxidation sites excluding steroid dienone is 1. The number of hydrogen-bond acceptors (Lipinski definition) is 5. The molecule has 0 spiro atoms. The number of carbonyl (C=O) groups is 2. The molecule has 0 radical (unpaired) electrons. The predicted octanol–water partition coefficient (Wildman–Crippen LogP) is 3.46. The maximum atomic E-state index is 12.6. The van der Waals surface area contributed by atoms with Gasteiger partial charge in [0.25, 0.3) is 0 Å². The van der Waals surface area contributed by atoms with Gasteiger partial charge in [0.2, 0.25) is 0 Å². The van der Waals surface area contributed by atoms with Crippen LogP contribution in [0.4, 0.5) is 10.5 Å². The van der Waals surface area contributed by atoms with E-state index in [1.165, 1.54) is 0 Å². The molecule has 148 valence electrons. The van der Waals surface area contributed by atoms with Gasteiger partial charge in [-0.25, -0.2) is 9.59 Å². The van der Waals surface area contributed by atoms with E-state index in [-0.39, 0.29) is 6.03 Å². The van der Waals surface area contributed by atoms with E-state index in [0.29, 0.717) is 17.9 Å². The molecule has 2 amide bonds. The van der Waals surface area contributed by atoms with Gasteiger partial charge in [-0.15, -0.1) is 0 Å². The van der Waals surface area contributed by atoms with Crippen LogP contribution >= 0.6 is 11.8 Å². The Hall–Kier alpha value is -2.15. The summed E-state index contributed by atoms with van der Waals surface area (Å²) < 4.78 is 5.42. The van der Waals surface area contributed by atoms with E-state index >= 15 is 0 Å². The van der Waals surface area contributed by atoms with Gasteiger partial charge in [0, 0.05) is 30.2 Å². The number of ether oxygens (including phenoxy) is 1. The summed E-state index contributed by atoms with van der Waals surface area (Å²) in [7, 11) is 0. The first-order valence-electron chi connectivity index (χ1n) is 9.39. The number of urea groups is 1. The van der Waals surface area contributed by atoms with Gasteiger partial charge in [-0.1, -0.05) is 19.1 Å². The minimum Gasteiger partial charge on any atom is -0.461 e. The van der Waals surface area contributed by atoms with Crippen LogP contribution in [-0.2, 0) is 9.53 Å². The molecule has 1 unspecified atom stereocenters. The second-order valence-electron chi connectivity index (χ2n) is 6.17. The molecule has 1 heterocycles. The second kappa shape index (κ2) is 10.3. The van der Waals surface area contributed by atoms with E-state index in [0.717, 1.165) is 35.8 Å².